The summed E-state index contributed by atoms with van der Waals surface area (Å²) in [5.41, 5.74) is 0.223. The molecule has 0 bridgehead atoms. The van der Waals surface area contributed by atoms with Crippen LogP contribution in [0.3, 0.4) is 0 Å². The van der Waals surface area contributed by atoms with E-state index in [0.29, 0.717) is 12.0 Å². The van der Waals surface area contributed by atoms with E-state index >= 15 is 0 Å². The normalized spacial score (nSPS) is 17.7. The van der Waals surface area contributed by atoms with E-state index in [4.69, 9.17) is 4.74 Å². The zero-order chi connectivity index (χ0) is 12.3. The van der Waals surface area contributed by atoms with Crippen LogP contribution in [0.5, 0.6) is 5.75 Å². The number of nitriles is 1. The summed E-state index contributed by atoms with van der Waals surface area (Å²) in [4.78, 5) is 0. The van der Waals surface area contributed by atoms with Gasteiger partial charge in [0, 0.05) is 0 Å². The molecule has 0 N–H and O–H groups in total. The Morgan fingerprint density at radius 3 is 2.71 bits per heavy atom. The predicted molar refractivity (Wildman–Crippen MR) is 63.2 cm³/mol. The Balaban J connectivity index is 2.27. The first-order chi connectivity index (χ1) is 8.21. The Labute approximate surface area is 101 Å². The van der Waals surface area contributed by atoms with Gasteiger partial charge in [-0.25, -0.2) is 4.39 Å². The molecule has 3 heteroatoms. The molecule has 1 aliphatic carbocycles. The van der Waals surface area contributed by atoms with Crippen LogP contribution in [0, 0.1) is 22.6 Å². The standard InChI is InChI=1S/C14H16FNO/c1-17-12-6-4-5-11(13(12)15)9-14(10-16)7-2-3-8-14/h4-6H,2-3,7-9H2,1H3. The van der Waals surface area contributed by atoms with Crippen molar-refractivity contribution in [2.75, 3.05) is 7.11 Å². The zero-order valence-electron chi connectivity index (χ0n) is 10.0. The van der Waals surface area contributed by atoms with Gasteiger partial charge in [-0.2, -0.15) is 5.26 Å². The highest BCUT2D eigenvalue weighted by Crippen LogP contribution is 2.41. The van der Waals surface area contributed by atoms with Crippen LogP contribution in [0.15, 0.2) is 18.2 Å². The molecule has 1 aromatic rings. The lowest BCUT2D eigenvalue weighted by atomic mass is 9.81. The van der Waals surface area contributed by atoms with Gasteiger partial charge in [0.25, 0.3) is 0 Å². The highest BCUT2D eigenvalue weighted by molar-refractivity contribution is 5.32. The quantitative estimate of drug-likeness (QED) is 0.801. The summed E-state index contributed by atoms with van der Waals surface area (Å²) in [6, 6.07) is 7.51. The maximum absolute atomic E-state index is 14.0. The molecule has 0 spiro atoms. The van der Waals surface area contributed by atoms with E-state index in [-0.39, 0.29) is 17.0 Å². The fraction of sp³-hybridized carbons (Fsp3) is 0.500. The molecular weight excluding hydrogens is 217 g/mol. The van der Waals surface area contributed by atoms with E-state index in [9.17, 15) is 9.65 Å². The molecule has 1 saturated carbocycles. The van der Waals surface area contributed by atoms with Gasteiger partial charge in [0.05, 0.1) is 18.6 Å². The Morgan fingerprint density at radius 1 is 1.41 bits per heavy atom. The van der Waals surface area contributed by atoms with Crippen LogP contribution < -0.4 is 4.74 Å². The Bertz CT molecular complexity index is 444. The third kappa shape index (κ3) is 2.26. The number of hydrogen-bond donors (Lipinski definition) is 0. The molecular formula is C14H16FNO. The molecule has 0 heterocycles. The second-order valence-corrected chi connectivity index (χ2v) is 4.71. The van der Waals surface area contributed by atoms with Crippen molar-refractivity contribution in [3.8, 4) is 11.8 Å². The minimum Gasteiger partial charge on any atom is -0.494 e. The van der Waals surface area contributed by atoms with Crippen molar-refractivity contribution in [3.05, 3.63) is 29.6 Å². The highest BCUT2D eigenvalue weighted by atomic mass is 19.1. The van der Waals surface area contributed by atoms with Crippen LogP contribution in [0.2, 0.25) is 0 Å². The predicted octanol–water partition coefficient (Wildman–Crippen LogP) is 3.46. The summed E-state index contributed by atoms with van der Waals surface area (Å²) in [6.45, 7) is 0. The highest BCUT2D eigenvalue weighted by Gasteiger charge is 2.35. The molecule has 1 fully saturated rings. The van der Waals surface area contributed by atoms with Crippen LogP contribution in [-0.4, -0.2) is 7.11 Å². The van der Waals surface area contributed by atoms with Gasteiger partial charge in [-0.15, -0.1) is 0 Å². The fourth-order valence-corrected chi connectivity index (χ4v) is 2.59. The van der Waals surface area contributed by atoms with E-state index in [2.05, 4.69) is 6.07 Å². The number of methoxy groups -OCH3 is 1. The first kappa shape index (κ1) is 11.9. The molecule has 17 heavy (non-hydrogen) atoms. The van der Waals surface area contributed by atoms with Gasteiger partial charge < -0.3 is 4.74 Å². The van der Waals surface area contributed by atoms with Crippen molar-refractivity contribution in [2.24, 2.45) is 5.41 Å². The monoisotopic (exact) mass is 233 g/mol. The molecule has 90 valence electrons. The van der Waals surface area contributed by atoms with Gasteiger partial charge >= 0.3 is 0 Å². The van der Waals surface area contributed by atoms with E-state index in [1.54, 1.807) is 18.2 Å². The van der Waals surface area contributed by atoms with Crippen molar-refractivity contribution in [1.29, 1.82) is 5.26 Å². The van der Waals surface area contributed by atoms with Gasteiger partial charge in [-0.3, -0.25) is 0 Å². The molecule has 2 rings (SSSR count). The molecule has 0 amide bonds. The fourth-order valence-electron chi connectivity index (χ4n) is 2.59. The molecule has 1 aromatic carbocycles. The lowest BCUT2D eigenvalue weighted by Gasteiger charge is -2.20. The van der Waals surface area contributed by atoms with Gasteiger partial charge in [-0.1, -0.05) is 25.0 Å². The van der Waals surface area contributed by atoms with Gasteiger partial charge in [-0.05, 0) is 30.9 Å². The van der Waals surface area contributed by atoms with Crippen LogP contribution in [0.1, 0.15) is 31.2 Å². The molecule has 0 radical (unpaired) electrons. The molecule has 1 aliphatic rings. The summed E-state index contributed by atoms with van der Waals surface area (Å²) >= 11 is 0. The third-order valence-electron chi connectivity index (χ3n) is 3.59. The third-order valence-corrected chi connectivity index (χ3v) is 3.59. The Kier molecular flexibility index (Phi) is 3.33. The van der Waals surface area contributed by atoms with E-state index in [0.717, 1.165) is 25.7 Å². The number of nitrogens with zero attached hydrogens (tertiary/aromatic N) is 1. The number of benzene rings is 1. The topological polar surface area (TPSA) is 33.0 Å². The van der Waals surface area contributed by atoms with Crippen LogP contribution in [0.4, 0.5) is 4.39 Å². The smallest absolute Gasteiger partial charge is 0.168 e. The maximum atomic E-state index is 14.0. The largest absolute Gasteiger partial charge is 0.494 e. The second-order valence-electron chi connectivity index (χ2n) is 4.71. The molecule has 0 saturated heterocycles. The average molecular weight is 233 g/mol. The number of ether oxygens (including phenoxy) is 1. The lowest BCUT2D eigenvalue weighted by Crippen LogP contribution is -2.18. The van der Waals surface area contributed by atoms with Crippen LogP contribution in [-0.2, 0) is 6.42 Å². The molecule has 0 aromatic heterocycles. The summed E-state index contributed by atoms with van der Waals surface area (Å²) in [5.74, 6) is -0.0647. The first-order valence-electron chi connectivity index (χ1n) is 5.93. The van der Waals surface area contributed by atoms with E-state index < -0.39 is 0 Å². The summed E-state index contributed by atoms with van der Waals surface area (Å²) < 4.78 is 19.0. The van der Waals surface area contributed by atoms with Crippen molar-refractivity contribution in [3.63, 3.8) is 0 Å². The SMILES string of the molecule is COc1cccc(CC2(C#N)CCCC2)c1F. The number of hydrogen-bond acceptors (Lipinski definition) is 2. The Morgan fingerprint density at radius 2 is 2.12 bits per heavy atom. The van der Waals surface area contributed by atoms with E-state index in [1.165, 1.54) is 7.11 Å². The van der Waals surface area contributed by atoms with Gasteiger partial charge in [0.15, 0.2) is 11.6 Å². The van der Waals surface area contributed by atoms with E-state index in [1.807, 2.05) is 0 Å². The number of rotatable bonds is 3. The lowest BCUT2D eigenvalue weighted by molar-refractivity contribution is 0.370. The first-order valence-corrected chi connectivity index (χ1v) is 5.93. The molecule has 0 atom stereocenters. The van der Waals surface area contributed by atoms with Crippen molar-refractivity contribution in [2.45, 2.75) is 32.1 Å². The Hall–Kier alpha value is -1.56. The van der Waals surface area contributed by atoms with Crippen molar-refractivity contribution < 1.29 is 9.13 Å². The van der Waals surface area contributed by atoms with Crippen molar-refractivity contribution >= 4 is 0 Å². The molecule has 2 nitrogen and oxygen atoms in total. The second kappa shape index (κ2) is 4.75. The minimum absolute atomic E-state index is 0.258. The van der Waals surface area contributed by atoms with Gasteiger partial charge in [0.1, 0.15) is 0 Å². The van der Waals surface area contributed by atoms with Crippen LogP contribution in [0.25, 0.3) is 0 Å². The zero-order valence-corrected chi connectivity index (χ0v) is 10.0. The summed E-state index contributed by atoms with van der Waals surface area (Å²) in [5, 5.41) is 9.29. The summed E-state index contributed by atoms with van der Waals surface area (Å²) in [7, 11) is 1.46. The molecule has 0 aliphatic heterocycles. The maximum Gasteiger partial charge on any atom is 0.168 e. The van der Waals surface area contributed by atoms with Gasteiger partial charge in [0.2, 0.25) is 0 Å². The molecule has 0 unspecified atom stereocenters. The average Bonchev–Trinajstić information content (AvgIpc) is 2.81. The van der Waals surface area contributed by atoms with Crippen LogP contribution >= 0.6 is 0 Å². The minimum atomic E-state index is -0.368. The number of halogens is 1. The van der Waals surface area contributed by atoms with Crippen molar-refractivity contribution in [1.82, 2.24) is 0 Å². The summed E-state index contributed by atoms with van der Waals surface area (Å²) in [6.07, 6.45) is 4.38.